The highest BCUT2D eigenvalue weighted by molar-refractivity contribution is 5.86. The second kappa shape index (κ2) is 7.18. The molecule has 0 spiro atoms. The third-order valence-corrected chi connectivity index (χ3v) is 5.49. The van der Waals surface area contributed by atoms with E-state index in [0.717, 1.165) is 30.1 Å². The van der Waals surface area contributed by atoms with Crippen molar-refractivity contribution in [1.29, 1.82) is 0 Å². The van der Waals surface area contributed by atoms with Crippen molar-refractivity contribution in [2.24, 2.45) is 5.92 Å². The Morgan fingerprint density at radius 2 is 2.11 bits per heavy atom. The van der Waals surface area contributed by atoms with Crippen molar-refractivity contribution in [3.63, 3.8) is 0 Å². The van der Waals surface area contributed by atoms with Crippen LogP contribution in [0.4, 0.5) is 0 Å². The molecule has 4 rings (SSSR count). The van der Waals surface area contributed by atoms with Crippen LogP contribution in [0, 0.1) is 19.8 Å². The Balaban J connectivity index is 1.41. The van der Waals surface area contributed by atoms with Crippen LogP contribution in [0.1, 0.15) is 48.2 Å². The molecule has 3 aromatic rings. The predicted molar refractivity (Wildman–Crippen MR) is 105 cm³/mol. The second-order valence-electron chi connectivity index (χ2n) is 7.68. The fourth-order valence-electron chi connectivity index (χ4n) is 4.00. The van der Waals surface area contributed by atoms with Crippen LogP contribution in [-0.4, -0.2) is 25.7 Å². The number of aryl methyl sites for hydroxylation is 4. The Morgan fingerprint density at radius 3 is 2.89 bits per heavy atom. The van der Waals surface area contributed by atoms with Gasteiger partial charge in [0.1, 0.15) is 11.6 Å². The largest absolute Gasteiger partial charge is 0.358 e. The number of H-pyrrole nitrogens is 1. The fraction of sp³-hybridized carbons (Fsp3) is 0.476. The summed E-state index contributed by atoms with van der Waals surface area (Å²) in [5, 5.41) is 8.73. The Hall–Kier alpha value is -2.63. The van der Waals surface area contributed by atoms with E-state index >= 15 is 0 Å². The third-order valence-electron chi connectivity index (χ3n) is 5.49. The first-order valence-corrected chi connectivity index (χ1v) is 9.79. The zero-order valence-corrected chi connectivity index (χ0v) is 16.3. The van der Waals surface area contributed by atoms with Crippen LogP contribution in [0.2, 0.25) is 0 Å². The molecule has 0 bridgehead atoms. The molecule has 27 heavy (non-hydrogen) atoms. The van der Waals surface area contributed by atoms with E-state index in [1.807, 2.05) is 20.8 Å². The van der Waals surface area contributed by atoms with E-state index in [2.05, 4.69) is 38.6 Å². The molecule has 0 saturated carbocycles. The molecule has 1 aromatic carbocycles. The number of hydrogen-bond acceptors (Lipinski definition) is 3. The molecule has 142 valence electrons. The summed E-state index contributed by atoms with van der Waals surface area (Å²) < 4.78 is 1.80. The normalized spacial score (nSPS) is 14.9. The molecule has 0 fully saturated rings. The molecule has 0 unspecified atom stereocenters. The van der Waals surface area contributed by atoms with E-state index in [-0.39, 0.29) is 11.8 Å². The van der Waals surface area contributed by atoms with Crippen molar-refractivity contribution < 1.29 is 4.79 Å². The number of carbonyl (C=O) groups is 1. The minimum Gasteiger partial charge on any atom is -0.358 e. The fourth-order valence-corrected chi connectivity index (χ4v) is 4.00. The van der Waals surface area contributed by atoms with Gasteiger partial charge >= 0.3 is 0 Å². The number of nitrogens with zero attached hydrogens (tertiary/aromatic N) is 3. The maximum Gasteiger partial charge on any atom is 0.224 e. The zero-order chi connectivity index (χ0) is 19.0. The van der Waals surface area contributed by atoms with Gasteiger partial charge in [0.15, 0.2) is 0 Å². The number of rotatable bonds is 5. The molecular formula is C21H27N5O. The zero-order valence-electron chi connectivity index (χ0n) is 16.3. The molecule has 6 nitrogen and oxygen atoms in total. The molecule has 1 aliphatic carbocycles. The minimum atomic E-state index is -0.159. The summed E-state index contributed by atoms with van der Waals surface area (Å²) in [6.45, 7) is 6.80. The molecule has 1 amide bonds. The van der Waals surface area contributed by atoms with Crippen molar-refractivity contribution >= 4 is 16.8 Å². The van der Waals surface area contributed by atoms with E-state index in [1.54, 1.807) is 4.68 Å². The minimum absolute atomic E-state index is 0.0405. The van der Waals surface area contributed by atoms with E-state index in [0.29, 0.717) is 13.1 Å². The Bertz CT molecular complexity index is 984. The van der Waals surface area contributed by atoms with Gasteiger partial charge < -0.3 is 10.3 Å². The Labute approximate surface area is 159 Å². The number of carbonyl (C=O) groups excluding carboxylic acids is 1. The standard InChI is InChI=1S/C21H27N5O/c1-13(12-26-15(3)23-14(2)25-26)21(27)22-11-16-8-9-20-18(10-16)17-6-4-5-7-19(17)24-20/h8-10,13,24H,4-7,11-12H2,1-3H3,(H,22,27)/t13-/m0/s1. The predicted octanol–water partition coefficient (Wildman–Crippen LogP) is 3.21. The molecule has 0 saturated heterocycles. The molecule has 2 heterocycles. The Kier molecular flexibility index (Phi) is 4.72. The van der Waals surface area contributed by atoms with Gasteiger partial charge in [-0.2, -0.15) is 5.10 Å². The summed E-state index contributed by atoms with van der Waals surface area (Å²) >= 11 is 0. The van der Waals surface area contributed by atoms with Gasteiger partial charge in [0.2, 0.25) is 5.91 Å². The van der Waals surface area contributed by atoms with Crippen molar-refractivity contribution in [3.8, 4) is 0 Å². The van der Waals surface area contributed by atoms with Gasteiger partial charge in [0.05, 0.1) is 12.5 Å². The maximum atomic E-state index is 12.5. The molecule has 2 N–H and O–H groups in total. The molecule has 2 aromatic heterocycles. The smallest absolute Gasteiger partial charge is 0.224 e. The lowest BCUT2D eigenvalue weighted by Crippen LogP contribution is -2.31. The summed E-state index contributed by atoms with van der Waals surface area (Å²) in [6.07, 6.45) is 4.83. The van der Waals surface area contributed by atoms with Crippen LogP contribution in [0.25, 0.3) is 10.9 Å². The molecular weight excluding hydrogens is 338 g/mol. The molecule has 1 aliphatic rings. The van der Waals surface area contributed by atoms with Crippen molar-refractivity contribution in [3.05, 3.63) is 46.7 Å². The number of hydrogen-bond donors (Lipinski definition) is 2. The topological polar surface area (TPSA) is 75.6 Å². The van der Waals surface area contributed by atoms with Crippen LogP contribution in [0.5, 0.6) is 0 Å². The molecule has 0 radical (unpaired) electrons. The first-order chi connectivity index (χ1) is 13.0. The average Bonchev–Trinajstić information content (AvgIpc) is 3.18. The van der Waals surface area contributed by atoms with Crippen LogP contribution >= 0.6 is 0 Å². The molecule has 6 heteroatoms. The van der Waals surface area contributed by atoms with Gasteiger partial charge in [-0.05, 0) is 62.8 Å². The van der Waals surface area contributed by atoms with Crippen LogP contribution in [0.3, 0.4) is 0 Å². The number of aromatic amines is 1. The summed E-state index contributed by atoms with van der Waals surface area (Å²) in [4.78, 5) is 20.4. The number of nitrogens with one attached hydrogen (secondary N) is 2. The van der Waals surface area contributed by atoms with Gasteiger partial charge in [-0.15, -0.1) is 0 Å². The third kappa shape index (κ3) is 3.61. The van der Waals surface area contributed by atoms with E-state index < -0.39 is 0 Å². The maximum absolute atomic E-state index is 12.5. The average molecular weight is 365 g/mol. The molecule has 1 atom stereocenters. The Morgan fingerprint density at radius 1 is 1.30 bits per heavy atom. The summed E-state index contributed by atoms with van der Waals surface area (Å²) in [6, 6.07) is 6.46. The van der Waals surface area contributed by atoms with Gasteiger partial charge in [-0.25, -0.2) is 9.67 Å². The summed E-state index contributed by atoms with van der Waals surface area (Å²) in [5.41, 5.74) is 5.21. The highest BCUT2D eigenvalue weighted by Gasteiger charge is 2.17. The molecule has 0 aliphatic heterocycles. The van der Waals surface area contributed by atoms with Gasteiger partial charge in [0, 0.05) is 23.1 Å². The first kappa shape index (κ1) is 17.8. The number of fused-ring (bicyclic) bond motifs is 3. The van der Waals surface area contributed by atoms with Crippen LogP contribution < -0.4 is 5.32 Å². The highest BCUT2D eigenvalue weighted by Crippen LogP contribution is 2.29. The van der Waals surface area contributed by atoms with E-state index in [9.17, 15) is 4.79 Å². The lowest BCUT2D eigenvalue weighted by atomic mass is 9.95. The second-order valence-corrected chi connectivity index (χ2v) is 7.68. The van der Waals surface area contributed by atoms with Crippen LogP contribution in [-0.2, 0) is 30.7 Å². The summed E-state index contributed by atoms with van der Waals surface area (Å²) in [7, 11) is 0. The van der Waals surface area contributed by atoms with E-state index in [4.69, 9.17) is 0 Å². The van der Waals surface area contributed by atoms with Gasteiger partial charge in [-0.3, -0.25) is 4.79 Å². The summed E-state index contributed by atoms with van der Waals surface area (Å²) in [5.74, 6) is 1.46. The van der Waals surface area contributed by atoms with Gasteiger partial charge in [-0.1, -0.05) is 13.0 Å². The first-order valence-electron chi connectivity index (χ1n) is 9.79. The highest BCUT2D eigenvalue weighted by atomic mass is 16.1. The van der Waals surface area contributed by atoms with Crippen LogP contribution in [0.15, 0.2) is 18.2 Å². The monoisotopic (exact) mass is 365 g/mol. The number of amides is 1. The quantitative estimate of drug-likeness (QED) is 0.729. The van der Waals surface area contributed by atoms with Crippen molar-refractivity contribution in [2.75, 3.05) is 0 Å². The van der Waals surface area contributed by atoms with E-state index in [1.165, 1.54) is 35.0 Å². The lowest BCUT2D eigenvalue weighted by molar-refractivity contribution is -0.125. The van der Waals surface area contributed by atoms with Gasteiger partial charge in [0.25, 0.3) is 0 Å². The van der Waals surface area contributed by atoms with Crippen molar-refractivity contribution in [2.45, 2.75) is 59.5 Å². The lowest BCUT2D eigenvalue weighted by Gasteiger charge is -2.13. The number of benzene rings is 1. The van der Waals surface area contributed by atoms with Crippen molar-refractivity contribution in [1.82, 2.24) is 25.1 Å². The number of aromatic nitrogens is 4. The SMILES string of the molecule is Cc1nc(C)n(C[C@H](C)C(=O)NCc2ccc3[nH]c4c(c3c2)CCCC4)n1.